The van der Waals surface area contributed by atoms with E-state index in [1.54, 1.807) is 0 Å². The summed E-state index contributed by atoms with van der Waals surface area (Å²) < 4.78 is 0. The molecule has 1 aliphatic rings. The minimum Gasteiger partial charge on any atom is -0.233 e. The van der Waals surface area contributed by atoms with E-state index < -0.39 is 0 Å². The third-order valence-corrected chi connectivity index (χ3v) is 2.05. The van der Waals surface area contributed by atoms with Gasteiger partial charge in [0, 0.05) is 0 Å². The molecule has 0 amide bonds. The molecule has 1 fully saturated rings. The number of rotatable bonds is 0. The van der Waals surface area contributed by atoms with Crippen molar-refractivity contribution < 1.29 is 5.11 Å². The summed E-state index contributed by atoms with van der Waals surface area (Å²) in [5.41, 5.74) is 0. The molecular weight excluding hydrogens is 112 g/mol. The normalized spacial score (nSPS) is 25.0. The largest absolute Gasteiger partial charge is 0.233 e. The van der Waals surface area contributed by atoms with Gasteiger partial charge in [0.1, 0.15) is 0 Å². The molecule has 0 bridgehead atoms. The molecule has 1 nitrogen and oxygen atoms in total. The molecule has 0 aromatic heterocycles. The van der Waals surface area contributed by atoms with Crippen LogP contribution < -0.4 is 0 Å². The van der Waals surface area contributed by atoms with Gasteiger partial charge < -0.3 is 0 Å². The maximum Gasteiger partial charge on any atom is 0.0930 e. The van der Waals surface area contributed by atoms with Crippen LogP contribution in [0.5, 0.6) is 0 Å². The fourth-order valence-corrected chi connectivity index (χ4v) is 1.42. The van der Waals surface area contributed by atoms with E-state index in [2.05, 4.69) is 0 Å². The quantitative estimate of drug-likeness (QED) is 0.476. The van der Waals surface area contributed by atoms with Crippen molar-refractivity contribution in [2.45, 2.75) is 51.0 Å². The Balaban J connectivity index is 2.12. The molecule has 9 heavy (non-hydrogen) atoms. The molecule has 0 spiro atoms. The molecule has 0 N–H and O–H groups in total. The third kappa shape index (κ3) is 2.85. The van der Waals surface area contributed by atoms with Gasteiger partial charge in [-0.2, -0.15) is 0 Å². The van der Waals surface area contributed by atoms with Crippen molar-refractivity contribution in [1.29, 1.82) is 0 Å². The minimum atomic E-state index is -0.231. The average molecular weight is 127 g/mol. The van der Waals surface area contributed by atoms with Gasteiger partial charge in [-0.3, -0.25) is 0 Å². The zero-order chi connectivity index (χ0) is 6.53. The van der Waals surface area contributed by atoms with Crippen molar-refractivity contribution in [3.63, 3.8) is 0 Å². The first-order chi connectivity index (χ1) is 4.39. The Morgan fingerprint density at radius 2 is 1.22 bits per heavy atom. The highest BCUT2D eigenvalue weighted by Crippen LogP contribution is 2.16. The van der Waals surface area contributed by atoms with Gasteiger partial charge in [-0.1, -0.05) is 32.1 Å². The standard InChI is InChI=1S/C8H15O/c9-8-6-4-2-1-3-5-7-8/h8H,1-7H2. The lowest BCUT2D eigenvalue weighted by Crippen LogP contribution is -2.05. The van der Waals surface area contributed by atoms with E-state index in [1.807, 2.05) is 0 Å². The Hall–Kier alpha value is -0.0400. The first kappa shape index (κ1) is 7.07. The van der Waals surface area contributed by atoms with Gasteiger partial charge in [0.2, 0.25) is 0 Å². The van der Waals surface area contributed by atoms with Crippen LogP contribution in [0.1, 0.15) is 44.9 Å². The van der Waals surface area contributed by atoms with Gasteiger partial charge in [0.05, 0.1) is 6.10 Å². The van der Waals surface area contributed by atoms with Gasteiger partial charge in [0.25, 0.3) is 0 Å². The minimum absolute atomic E-state index is 0.231. The van der Waals surface area contributed by atoms with Crippen LogP contribution in [0.3, 0.4) is 0 Å². The summed E-state index contributed by atoms with van der Waals surface area (Å²) in [6.07, 6.45) is 7.91. The molecule has 0 aromatic rings. The molecule has 0 aliphatic heterocycles. The average Bonchev–Trinajstić information content (AvgIpc) is 1.79. The highest BCUT2D eigenvalue weighted by Gasteiger charge is 2.07. The molecule has 1 rings (SSSR count). The Morgan fingerprint density at radius 3 is 1.78 bits per heavy atom. The summed E-state index contributed by atoms with van der Waals surface area (Å²) in [6.45, 7) is 0. The second-order valence-corrected chi connectivity index (χ2v) is 2.97. The Morgan fingerprint density at radius 1 is 0.778 bits per heavy atom. The number of hydrogen-bond donors (Lipinski definition) is 0. The van der Waals surface area contributed by atoms with E-state index in [0.29, 0.717) is 0 Å². The van der Waals surface area contributed by atoms with Crippen LogP contribution in [0.2, 0.25) is 0 Å². The third-order valence-electron chi connectivity index (χ3n) is 2.05. The fraction of sp³-hybridized carbons (Fsp3) is 1.00. The Kier molecular flexibility index (Phi) is 3.05. The van der Waals surface area contributed by atoms with Crippen LogP contribution in [0, 0.1) is 0 Å². The molecule has 1 radical (unpaired) electrons. The van der Waals surface area contributed by atoms with E-state index in [0.717, 1.165) is 12.8 Å². The van der Waals surface area contributed by atoms with Crippen molar-refractivity contribution in [2.24, 2.45) is 0 Å². The molecule has 0 saturated heterocycles. The summed E-state index contributed by atoms with van der Waals surface area (Å²) in [4.78, 5) is 0. The fourth-order valence-electron chi connectivity index (χ4n) is 1.42. The van der Waals surface area contributed by atoms with Crippen LogP contribution in [-0.2, 0) is 5.11 Å². The SMILES string of the molecule is [O]C1CCCCCCC1. The van der Waals surface area contributed by atoms with Crippen LogP contribution in [0.15, 0.2) is 0 Å². The first-order valence-electron chi connectivity index (χ1n) is 4.05. The molecule has 53 valence electrons. The molecule has 1 saturated carbocycles. The smallest absolute Gasteiger partial charge is 0.0930 e. The van der Waals surface area contributed by atoms with E-state index in [1.165, 1.54) is 32.1 Å². The first-order valence-corrected chi connectivity index (χ1v) is 4.05. The van der Waals surface area contributed by atoms with Crippen LogP contribution in [-0.4, -0.2) is 6.10 Å². The van der Waals surface area contributed by atoms with Gasteiger partial charge >= 0.3 is 0 Å². The van der Waals surface area contributed by atoms with Crippen molar-refractivity contribution in [2.75, 3.05) is 0 Å². The number of hydrogen-bond acceptors (Lipinski definition) is 0. The predicted molar refractivity (Wildman–Crippen MR) is 36.8 cm³/mol. The second kappa shape index (κ2) is 3.89. The molecule has 0 unspecified atom stereocenters. The Labute approximate surface area is 57.1 Å². The maximum absolute atomic E-state index is 10.9. The molecule has 1 aliphatic carbocycles. The summed E-state index contributed by atoms with van der Waals surface area (Å²) in [7, 11) is 0. The zero-order valence-corrected chi connectivity index (χ0v) is 5.94. The van der Waals surface area contributed by atoms with Crippen LogP contribution >= 0.6 is 0 Å². The second-order valence-electron chi connectivity index (χ2n) is 2.97. The van der Waals surface area contributed by atoms with Gasteiger partial charge in [-0.15, -0.1) is 0 Å². The van der Waals surface area contributed by atoms with Crippen LogP contribution in [0.4, 0.5) is 0 Å². The summed E-state index contributed by atoms with van der Waals surface area (Å²) in [6, 6.07) is 0. The molecular formula is C8H15O. The van der Waals surface area contributed by atoms with E-state index in [-0.39, 0.29) is 6.10 Å². The summed E-state index contributed by atoms with van der Waals surface area (Å²) in [5.74, 6) is 0. The molecule has 1 heteroatoms. The molecule has 0 heterocycles. The lowest BCUT2D eigenvalue weighted by molar-refractivity contribution is 0.0653. The van der Waals surface area contributed by atoms with Crippen molar-refractivity contribution in [1.82, 2.24) is 0 Å². The van der Waals surface area contributed by atoms with Crippen molar-refractivity contribution in [3.8, 4) is 0 Å². The lowest BCUT2D eigenvalue weighted by atomic mass is 9.99. The molecule has 0 aromatic carbocycles. The Bertz CT molecular complexity index is 63.0. The van der Waals surface area contributed by atoms with E-state index >= 15 is 0 Å². The maximum atomic E-state index is 10.9. The zero-order valence-electron chi connectivity index (χ0n) is 5.94. The van der Waals surface area contributed by atoms with E-state index in [9.17, 15) is 5.11 Å². The molecule has 0 atom stereocenters. The van der Waals surface area contributed by atoms with Crippen molar-refractivity contribution in [3.05, 3.63) is 0 Å². The highest BCUT2D eigenvalue weighted by molar-refractivity contribution is 4.59. The van der Waals surface area contributed by atoms with E-state index in [4.69, 9.17) is 0 Å². The monoisotopic (exact) mass is 127 g/mol. The van der Waals surface area contributed by atoms with Crippen molar-refractivity contribution >= 4 is 0 Å². The van der Waals surface area contributed by atoms with Gasteiger partial charge in [-0.05, 0) is 12.8 Å². The predicted octanol–water partition coefficient (Wildman–Crippen LogP) is 2.53. The van der Waals surface area contributed by atoms with Gasteiger partial charge in [-0.25, -0.2) is 5.11 Å². The summed E-state index contributed by atoms with van der Waals surface area (Å²) >= 11 is 0. The lowest BCUT2D eigenvalue weighted by Gasteiger charge is -2.11. The topological polar surface area (TPSA) is 19.9 Å². The van der Waals surface area contributed by atoms with Crippen LogP contribution in [0.25, 0.3) is 0 Å². The highest BCUT2D eigenvalue weighted by atomic mass is 16.3. The van der Waals surface area contributed by atoms with Gasteiger partial charge in [0.15, 0.2) is 0 Å². The summed E-state index contributed by atoms with van der Waals surface area (Å²) in [5, 5.41) is 10.9.